The Hall–Kier alpha value is -2.74. The lowest BCUT2D eigenvalue weighted by molar-refractivity contribution is 0.0501. The van der Waals surface area contributed by atoms with Crippen molar-refractivity contribution in [3.63, 3.8) is 0 Å². The van der Waals surface area contributed by atoms with Crippen LogP contribution in [0.15, 0.2) is 48.5 Å². The monoisotopic (exact) mass is 1340 g/mol. The Morgan fingerprint density at radius 1 is 0.273 bits per heavy atom. The molecule has 0 spiro atoms. The normalized spacial score (nSPS) is 15.2. The molecule has 2 heterocycles. The minimum Gasteiger partial charge on any atom is -0.456 e. The van der Waals surface area contributed by atoms with E-state index in [9.17, 15) is 0 Å². The van der Waals surface area contributed by atoms with E-state index in [1.54, 1.807) is 9.80 Å². The molecule has 0 saturated carbocycles. The molecule has 5 aromatic carbocycles. The Balaban J connectivity index is 1.13. The van der Waals surface area contributed by atoms with Gasteiger partial charge in [0.05, 0.1) is 0 Å². The molecule has 0 unspecified atom stereocenters. The quantitative estimate of drug-likeness (QED) is 0.0126. The fourth-order valence-corrected chi connectivity index (χ4v) is 48.0. The second-order valence-electron chi connectivity index (χ2n) is 33.1. The highest BCUT2D eigenvalue weighted by Gasteiger charge is 2.42. The largest absolute Gasteiger partial charge is 0.456 e. The van der Waals surface area contributed by atoms with E-state index in [-0.39, 0.29) is 35.7 Å². The number of benzene rings is 5. The molecule has 18 heteroatoms. The number of hydrogen-bond donors (Lipinski definition) is 0. The SMILES string of the molecule is C[Si](C)(C)O[Si](C)(C)CCCCCCC(CCCCCC[Si](C)(C)O[Si](C)(C)C)N1C(=O)c2ccc3c4ccc5c6c(ccc(c7ccc(c2c37)C1=O)c64)C(=O)N(C(CCCCCC[Si](C)(C)O[Si](C)(C)C)CCCCCC[Si](C)(C)O[Si](C)(C)C)C5=O. The van der Waals surface area contributed by atoms with Crippen molar-refractivity contribution in [1.29, 1.82) is 0 Å². The summed E-state index contributed by atoms with van der Waals surface area (Å²) in [6.07, 6.45) is 20.4. The second-order valence-corrected chi connectivity index (χ2v) is 69.4. The van der Waals surface area contributed by atoms with Gasteiger partial charge < -0.3 is 16.5 Å². The maximum absolute atomic E-state index is 15.2. The molecule has 2 aliphatic rings. The van der Waals surface area contributed by atoms with E-state index in [0.29, 0.717) is 22.3 Å². The van der Waals surface area contributed by atoms with Crippen LogP contribution in [-0.4, -0.2) is 112 Å². The number of fused-ring (bicyclic) bond motifs is 2. The van der Waals surface area contributed by atoms with Gasteiger partial charge in [0.25, 0.3) is 23.6 Å². The summed E-state index contributed by atoms with van der Waals surface area (Å²) >= 11 is 0. The molecule has 10 nitrogen and oxygen atoms in total. The first-order valence-electron chi connectivity index (χ1n) is 34.6. The molecule has 0 atom stereocenters. The molecule has 0 fully saturated rings. The second kappa shape index (κ2) is 29.3. The van der Waals surface area contributed by atoms with Crippen molar-refractivity contribution < 1.29 is 35.6 Å². The highest BCUT2D eigenvalue weighted by Crippen LogP contribution is 2.47. The van der Waals surface area contributed by atoms with Crippen molar-refractivity contribution >= 4 is 133 Å². The third kappa shape index (κ3) is 19.7. The third-order valence-corrected chi connectivity index (χ3v) is 42.9. The van der Waals surface area contributed by atoms with Crippen molar-refractivity contribution in [1.82, 2.24) is 9.80 Å². The summed E-state index contributed by atoms with van der Waals surface area (Å²) in [5, 5.41) is 6.95. The van der Waals surface area contributed by atoms with E-state index in [1.807, 2.05) is 24.3 Å². The van der Waals surface area contributed by atoms with Gasteiger partial charge in [-0.25, -0.2) is 0 Å². The van der Waals surface area contributed by atoms with Crippen molar-refractivity contribution in [3.8, 4) is 0 Å². The molecule has 88 heavy (non-hydrogen) atoms. The Morgan fingerprint density at radius 2 is 0.466 bits per heavy atom. The zero-order valence-corrected chi connectivity index (χ0v) is 66.9. The van der Waals surface area contributed by atoms with Crippen LogP contribution in [0.3, 0.4) is 0 Å². The zero-order valence-electron chi connectivity index (χ0n) is 58.9. The number of carbonyl (C=O) groups is 4. The molecule has 0 aliphatic carbocycles. The van der Waals surface area contributed by atoms with Gasteiger partial charge in [-0.1, -0.05) is 127 Å². The van der Waals surface area contributed by atoms with Crippen LogP contribution in [-0.2, 0) is 16.5 Å². The van der Waals surface area contributed by atoms with Gasteiger partial charge in [0.1, 0.15) is 0 Å². The number of nitrogens with zero attached hydrogens (tertiary/aromatic N) is 2. The fourth-order valence-electron chi connectivity index (χ4n) is 15.4. The number of rotatable bonds is 38. The molecular weight excluding hydrogens is 1220 g/mol. The summed E-state index contributed by atoms with van der Waals surface area (Å²) in [6, 6.07) is 20.3. The Bertz CT molecular complexity index is 2830. The first-order valence-corrected chi connectivity index (χ1v) is 60.6. The smallest absolute Gasteiger partial charge is 0.261 e. The summed E-state index contributed by atoms with van der Waals surface area (Å²) in [4.78, 5) is 64.2. The van der Waals surface area contributed by atoms with Gasteiger partial charge in [-0.3, -0.25) is 29.0 Å². The summed E-state index contributed by atoms with van der Waals surface area (Å²) in [5.74, 6) is -0.793. The maximum Gasteiger partial charge on any atom is 0.261 e. The van der Waals surface area contributed by atoms with E-state index in [2.05, 4.69) is 155 Å². The molecule has 2 aliphatic heterocycles. The van der Waals surface area contributed by atoms with Gasteiger partial charge in [0.15, 0.2) is 66.5 Å². The van der Waals surface area contributed by atoms with Crippen molar-refractivity contribution in [3.05, 3.63) is 70.8 Å². The van der Waals surface area contributed by atoms with Crippen molar-refractivity contribution in [2.24, 2.45) is 0 Å². The third-order valence-electron chi connectivity index (χ3n) is 18.0. The molecule has 0 saturated heterocycles. The van der Waals surface area contributed by atoms with E-state index >= 15 is 19.2 Å². The van der Waals surface area contributed by atoms with Crippen molar-refractivity contribution in [2.45, 2.75) is 296 Å². The number of imide groups is 2. The van der Waals surface area contributed by atoms with Gasteiger partial charge in [-0.2, -0.15) is 0 Å². The summed E-state index contributed by atoms with van der Waals surface area (Å²) in [7, 11) is -13.3. The number of unbranched alkanes of at least 4 members (excludes halogenated alkanes) is 12. The van der Waals surface area contributed by atoms with Gasteiger partial charge in [0.2, 0.25) is 0 Å². The van der Waals surface area contributed by atoms with Gasteiger partial charge in [-0.15, -0.1) is 0 Å². The Labute approximate surface area is 541 Å². The van der Waals surface area contributed by atoms with E-state index in [1.165, 1.54) is 0 Å². The summed E-state index contributed by atoms with van der Waals surface area (Å²) in [6.45, 7) is 46.3. The lowest BCUT2D eigenvalue weighted by Gasteiger charge is -2.35. The van der Waals surface area contributed by atoms with Crippen LogP contribution in [0, 0.1) is 0 Å². The molecule has 0 N–H and O–H groups in total. The Kier molecular flexibility index (Phi) is 24.2. The highest BCUT2D eigenvalue weighted by atomic mass is 28.4. The number of carbonyl (C=O) groups excluding carboxylic acids is 4. The molecular formula is C70H118N2O8Si8. The first kappa shape index (κ1) is 72.7. The van der Waals surface area contributed by atoms with Crippen molar-refractivity contribution in [2.75, 3.05) is 0 Å². The molecule has 5 aromatic rings. The van der Waals surface area contributed by atoms with Crippen LogP contribution in [0.1, 0.15) is 170 Å². The molecule has 0 radical (unpaired) electrons. The Morgan fingerprint density at radius 3 is 0.659 bits per heavy atom. The standard InChI is InChI=1S/C70H118N2O8Si8/c1-81(2,3)77-85(13,14)49-33-25-21-29-37-53(38-30-22-26-34-50-86(15,16)78-82(4,5)6)71-67(73)59-45-41-55-57-43-47-61-66-62(48-44-58(64(57)66)56-42-46-60(68(71)74)65(59)63(55)56)70(76)72(69(61)75)54(39-31-23-27-35-51-87(17,18)79-83(7,8)9)40-32-24-28-36-52-88(19,20)80-84(10,11)12/h41-48,53-54H,21-40,49-52H2,1-20H3. The minimum atomic E-state index is -1.73. The first-order chi connectivity index (χ1) is 40.8. The van der Waals surface area contributed by atoms with Crippen LogP contribution in [0.25, 0.3) is 43.1 Å². The average Bonchev–Trinajstić information content (AvgIpc) is 0.694. The lowest BCUT2D eigenvalue weighted by atomic mass is 9.81. The maximum atomic E-state index is 15.2. The van der Waals surface area contributed by atoms with Crippen LogP contribution in [0.4, 0.5) is 0 Å². The molecule has 7 rings (SSSR count). The lowest BCUT2D eigenvalue weighted by Crippen LogP contribution is -2.47. The molecule has 0 aromatic heterocycles. The van der Waals surface area contributed by atoms with Crippen LogP contribution in [0.2, 0.25) is 155 Å². The zero-order chi connectivity index (χ0) is 65.0. The van der Waals surface area contributed by atoms with E-state index in [4.69, 9.17) is 16.5 Å². The van der Waals surface area contributed by atoms with Gasteiger partial charge in [0, 0.05) is 45.1 Å². The predicted molar refractivity (Wildman–Crippen MR) is 395 cm³/mol. The molecule has 0 bridgehead atoms. The molecule has 4 amide bonds. The van der Waals surface area contributed by atoms with Crippen LogP contribution >= 0.6 is 0 Å². The summed E-state index contributed by atoms with van der Waals surface area (Å²) < 4.78 is 26.6. The minimum absolute atomic E-state index is 0.193. The average molecular weight is 1340 g/mol. The highest BCUT2D eigenvalue weighted by molar-refractivity contribution is 6.86. The predicted octanol–water partition coefficient (Wildman–Crippen LogP) is 21.7. The van der Waals surface area contributed by atoms with E-state index in [0.717, 1.165) is 196 Å². The fraction of sp³-hybridized carbons (Fsp3) is 0.657. The number of hydrogen-bond acceptors (Lipinski definition) is 8. The summed E-state index contributed by atoms with van der Waals surface area (Å²) in [5.41, 5.74) is 2.31. The van der Waals surface area contributed by atoms with Crippen LogP contribution in [0.5, 0.6) is 0 Å². The van der Waals surface area contributed by atoms with E-state index < -0.39 is 66.5 Å². The topological polar surface area (TPSA) is 112 Å². The molecule has 488 valence electrons. The van der Waals surface area contributed by atoms with Gasteiger partial charge in [-0.05, 0) is 237 Å². The van der Waals surface area contributed by atoms with Gasteiger partial charge >= 0.3 is 0 Å². The number of amides is 4. The van der Waals surface area contributed by atoms with Crippen LogP contribution < -0.4 is 0 Å².